The Morgan fingerprint density at radius 3 is 2.56 bits per heavy atom. The van der Waals surface area contributed by atoms with E-state index < -0.39 is 5.92 Å². The van der Waals surface area contributed by atoms with E-state index in [1.54, 1.807) is 0 Å². The molecule has 1 atom stereocenters. The van der Waals surface area contributed by atoms with Crippen molar-refractivity contribution in [3.63, 3.8) is 0 Å². The lowest BCUT2D eigenvalue weighted by atomic mass is 9.86. The molecule has 6 heteroatoms. The zero-order chi connectivity index (χ0) is 18.2. The second kappa shape index (κ2) is 6.89. The van der Waals surface area contributed by atoms with Gasteiger partial charge in [0.2, 0.25) is 11.8 Å². The van der Waals surface area contributed by atoms with E-state index >= 15 is 0 Å². The van der Waals surface area contributed by atoms with Crippen LogP contribution in [0.2, 0.25) is 0 Å². The maximum absolute atomic E-state index is 13.3. The van der Waals surface area contributed by atoms with Gasteiger partial charge in [0, 0.05) is 68.9 Å². The molecule has 1 aliphatic carbocycles. The summed E-state index contributed by atoms with van der Waals surface area (Å²) in [6.45, 7) is 3.33. The highest BCUT2D eigenvalue weighted by Crippen LogP contribution is 2.38. The van der Waals surface area contributed by atoms with Gasteiger partial charge in [0.05, 0.1) is 0 Å². The molecule has 1 aromatic heterocycles. The number of pyridine rings is 1. The quantitative estimate of drug-likeness (QED) is 0.835. The molecule has 1 aromatic rings. The minimum Gasteiger partial charge on any atom is -0.378 e. The minimum atomic E-state index is -2.58. The van der Waals surface area contributed by atoms with Crippen LogP contribution in [0.3, 0.4) is 0 Å². The normalized spacial score (nSPS) is 23.7. The summed E-state index contributed by atoms with van der Waals surface area (Å²) >= 11 is 0. The van der Waals surface area contributed by atoms with Crippen LogP contribution >= 0.6 is 0 Å². The van der Waals surface area contributed by atoms with Crippen molar-refractivity contribution in [1.82, 2.24) is 9.88 Å². The van der Waals surface area contributed by atoms with E-state index in [-0.39, 0.29) is 30.6 Å². The van der Waals surface area contributed by atoms with E-state index in [2.05, 4.69) is 16.0 Å². The molecule has 0 N–H and O–H groups in total. The molecular formula is C19H27F2N3O. The third kappa shape index (κ3) is 4.10. The molecule has 0 bridgehead atoms. The fourth-order valence-corrected chi connectivity index (χ4v) is 3.89. The summed E-state index contributed by atoms with van der Waals surface area (Å²) in [7, 11) is 4.00. The molecular weight excluding hydrogens is 324 g/mol. The maximum Gasteiger partial charge on any atom is 0.248 e. The summed E-state index contributed by atoms with van der Waals surface area (Å²) in [5.74, 6) is -2.54. The summed E-state index contributed by atoms with van der Waals surface area (Å²) in [4.78, 5) is 21.3. The number of nitrogens with zero attached hydrogens (tertiary/aromatic N) is 3. The smallest absolute Gasteiger partial charge is 0.248 e. The van der Waals surface area contributed by atoms with Crippen LogP contribution in [0.15, 0.2) is 12.1 Å². The summed E-state index contributed by atoms with van der Waals surface area (Å²) in [5.41, 5.74) is 3.11. The number of alkyl halides is 2. The van der Waals surface area contributed by atoms with Crippen LogP contribution in [-0.4, -0.2) is 48.9 Å². The molecule has 0 unspecified atom stereocenters. The van der Waals surface area contributed by atoms with Crippen molar-refractivity contribution < 1.29 is 13.6 Å². The van der Waals surface area contributed by atoms with Crippen LogP contribution in [0.25, 0.3) is 0 Å². The predicted octanol–water partition coefficient (Wildman–Crippen LogP) is 3.60. The van der Waals surface area contributed by atoms with Gasteiger partial charge in [-0.25, -0.2) is 8.78 Å². The maximum atomic E-state index is 13.3. The number of aryl methyl sites for hydroxylation is 1. The Balaban J connectivity index is 1.65. The van der Waals surface area contributed by atoms with Gasteiger partial charge in [-0.15, -0.1) is 0 Å². The molecule has 138 valence electrons. The Morgan fingerprint density at radius 2 is 1.92 bits per heavy atom. The standard InChI is InChI=1S/C19H27F2N3O/c1-13-10-16(23(2)3)11-17(22-13)15-6-9-24(12-15)18(25)14-4-7-19(20,21)8-5-14/h10-11,14-15H,4-9,12H2,1-3H3/t15-/m1/s1. The highest BCUT2D eigenvalue weighted by Gasteiger charge is 2.40. The molecule has 1 saturated heterocycles. The van der Waals surface area contributed by atoms with E-state index in [1.807, 2.05) is 32.0 Å². The molecule has 3 rings (SSSR count). The predicted molar refractivity (Wildman–Crippen MR) is 94.1 cm³/mol. The second-order valence-electron chi connectivity index (χ2n) is 7.69. The van der Waals surface area contributed by atoms with E-state index in [0.29, 0.717) is 25.9 Å². The van der Waals surface area contributed by atoms with Crippen LogP contribution in [0.5, 0.6) is 0 Å². The second-order valence-corrected chi connectivity index (χ2v) is 7.69. The van der Waals surface area contributed by atoms with Gasteiger partial charge < -0.3 is 9.80 Å². The summed E-state index contributed by atoms with van der Waals surface area (Å²) < 4.78 is 26.6. The largest absolute Gasteiger partial charge is 0.378 e. The van der Waals surface area contributed by atoms with E-state index in [4.69, 9.17) is 0 Å². The van der Waals surface area contributed by atoms with Gasteiger partial charge in [-0.3, -0.25) is 9.78 Å². The molecule has 1 saturated carbocycles. The number of rotatable bonds is 3. The van der Waals surface area contributed by atoms with Crippen molar-refractivity contribution in [1.29, 1.82) is 0 Å². The summed E-state index contributed by atoms with van der Waals surface area (Å²) in [6.07, 6.45) is 1.18. The fourth-order valence-electron chi connectivity index (χ4n) is 3.89. The first-order chi connectivity index (χ1) is 11.7. The molecule has 0 radical (unpaired) electrons. The van der Waals surface area contributed by atoms with Gasteiger partial charge in [-0.05, 0) is 38.3 Å². The summed E-state index contributed by atoms with van der Waals surface area (Å²) in [5, 5.41) is 0. The zero-order valence-corrected chi connectivity index (χ0v) is 15.3. The molecule has 0 spiro atoms. The lowest BCUT2D eigenvalue weighted by Crippen LogP contribution is -2.38. The number of anilines is 1. The first kappa shape index (κ1) is 18.1. The van der Waals surface area contributed by atoms with Gasteiger partial charge in [0.25, 0.3) is 0 Å². The monoisotopic (exact) mass is 351 g/mol. The highest BCUT2D eigenvalue weighted by molar-refractivity contribution is 5.79. The average molecular weight is 351 g/mol. The van der Waals surface area contributed by atoms with Gasteiger partial charge in [-0.1, -0.05) is 0 Å². The molecule has 1 amide bonds. The lowest BCUT2D eigenvalue weighted by Gasteiger charge is -2.30. The van der Waals surface area contributed by atoms with Crippen molar-refractivity contribution >= 4 is 11.6 Å². The molecule has 4 nitrogen and oxygen atoms in total. The molecule has 2 heterocycles. The Morgan fingerprint density at radius 1 is 1.24 bits per heavy atom. The number of likely N-dealkylation sites (tertiary alicyclic amines) is 1. The van der Waals surface area contributed by atoms with E-state index in [0.717, 1.165) is 23.5 Å². The van der Waals surface area contributed by atoms with Gasteiger partial charge in [0.15, 0.2) is 0 Å². The van der Waals surface area contributed by atoms with Crippen LogP contribution in [0.4, 0.5) is 14.5 Å². The molecule has 1 aliphatic heterocycles. The number of aromatic nitrogens is 1. The van der Waals surface area contributed by atoms with Crippen molar-refractivity contribution in [3.8, 4) is 0 Å². The Labute approximate surface area is 148 Å². The van der Waals surface area contributed by atoms with Crippen LogP contribution < -0.4 is 4.90 Å². The van der Waals surface area contributed by atoms with Crippen LogP contribution in [0.1, 0.15) is 49.4 Å². The van der Waals surface area contributed by atoms with E-state index in [1.165, 1.54) is 0 Å². The Hall–Kier alpha value is -1.72. The Bertz CT molecular complexity index is 638. The molecule has 0 aromatic carbocycles. The minimum absolute atomic E-state index is 0.0542. The lowest BCUT2D eigenvalue weighted by molar-refractivity contribution is -0.138. The topological polar surface area (TPSA) is 36.4 Å². The van der Waals surface area contributed by atoms with Crippen molar-refractivity contribution in [2.45, 2.75) is 50.9 Å². The number of carbonyl (C=O) groups is 1. The number of carbonyl (C=O) groups excluding carboxylic acids is 1. The third-order valence-corrected chi connectivity index (χ3v) is 5.46. The Kier molecular flexibility index (Phi) is 4.98. The van der Waals surface area contributed by atoms with Crippen LogP contribution in [0, 0.1) is 12.8 Å². The number of halogens is 2. The molecule has 25 heavy (non-hydrogen) atoms. The van der Waals surface area contributed by atoms with Crippen molar-refractivity contribution in [3.05, 3.63) is 23.5 Å². The van der Waals surface area contributed by atoms with Crippen molar-refractivity contribution in [2.24, 2.45) is 5.92 Å². The number of hydrogen-bond acceptors (Lipinski definition) is 3. The van der Waals surface area contributed by atoms with E-state index in [9.17, 15) is 13.6 Å². The molecule has 2 aliphatic rings. The van der Waals surface area contributed by atoms with Crippen molar-refractivity contribution in [2.75, 3.05) is 32.1 Å². The first-order valence-corrected chi connectivity index (χ1v) is 9.08. The average Bonchev–Trinajstić information content (AvgIpc) is 3.03. The number of hydrogen-bond donors (Lipinski definition) is 0. The first-order valence-electron chi connectivity index (χ1n) is 9.08. The van der Waals surface area contributed by atoms with Gasteiger partial charge in [-0.2, -0.15) is 0 Å². The number of amides is 1. The highest BCUT2D eigenvalue weighted by atomic mass is 19.3. The van der Waals surface area contributed by atoms with Gasteiger partial charge in [0.1, 0.15) is 0 Å². The summed E-state index contributed by atoms with van der Waals surface area (Å²) in [6, 6.07) is 4.14. The van der Waals surface area contributed by atoms with Gasteiger partial charge >= 0.3 is 0 Å². The fraction of sp³-hybridized carbons (Fsp3) is 0.684. The molecule has 2 fully saturated rings. The van der Waals surface area contributed by atoms with Crippen LogP contribution in [-0.2, 0) is 4.79 Å². The third-order valence-electron chi connectivity index (χ3n) is 5.46. The zero-order valence-electron chi connectivity index (χ0n) is 15.3. The SMILES string of the molecule is Cc1cc(N(C)C)cc([C@@H]2CCN(C(=O)C3CCC(F)(F)CC3)C2)n1.